The van der Waals surface area contributed by atoms with E-state index in [4.69, 9.17) is 14.5 Å². The Balaban J connectivity index is 1.36. The summed E-state index contributed by atoms with van der Waals surface area (Å²) < 4.78 is 15.4. The zero-order valence-electron chi connectivity index (χ0n) is 26.0. The second-order valence-corrected chi connectivity index (χ2v) is 14.6. The number of rotatable bonds is 7. The van der Waals surface area contributed by atoms with Gasteiger partial charge in [-0.1, -0.05) is 6.07 Å². The van der Waals surface area contributed by atoms with Gasteiger partial charge in [0.15, 0.2) is 0 Å². The SMILES string of the molecule is Cn1cc(-c2cc(C(C)(C)O)ccc2Oc2ccc(CC3CCN(C(=O)OC(C)(C)C)CC3)nc2)c2ccn(SI)c2c1=O. The topological polar surface area (TPSA) is 98.8 Å². The number of carbonyl (C=O) groups is 1. The first kappa shape index (κ1) is 32.4. The predicted octanol–water partition coefficient (Wildman–Crippen LogP) is 7.46. The van der Waals surface area contributed by atoms with E-state index in [9.17, 15) is 14.7 Å². The molecule has 1 fully saturated rings. The van der Waals surface area contributed by atoms with Crippen LogP contribution in [-0.2, 0) is 23.8 Å². The molecular weight excluding hydrogens is 691 g/mol. The maximum atomic E-state index is 13.0. The van der Waals surface area contributed by atoms with Crippen LogP contribution in [0.2, 0.25) is 0 Å². The van der Waals surface area contributed by atoms with Gasteiger partial charge in [-0.2, -0.15) is 0 Å². The Hall–Kier alpha value is -3.03. The number of benzene rings is 1. The lowest BCUT2D eigenvalue weighted by atomic mass is 9.92. The summed E-state index contributed by atoms with van der Waals surface area (Å²) in [6.45, 7) is 10.5. The van der Waals surface area contributed by atoms with Gasteiger partial charge in [0, 0.05) is 85.1 Å². The first-order chi connectivity index (χ1) is 20.7. The highest BCUT2D eigenvalue weighted by molar-refractivity contribution is 14.2. The maximum absolute atomic E-state index is 13.0. The van der Waals surface area contributed by atoms with Crippen molar-refractivity contribution < 1.29 is 19.4 Å². The summed E-state index contributed by atoms with van der Waals surface area (Å²) in [6, 6.07) is 11.5. The number of halogens is 1. The molecule has 0 unspecified atom stereocenters. The molecule has 3 aromatic heterocycles. The van der Waals surface area contributed by atoms with Crippen LogP contribution in [0.1, 0.15) is 58.7 Å². The molecule has 0 radical (unpaired) electrons. The Kier molecular flexibility index (Phi) is 9.39. The number of pyridine rings is 2. The Labute approximate surface area is 274 Å². The minimum atomic E-state index is -1.07. The molecule has 234 valence electrons. The van der Waals surface area contributed by atoms with E-state index in [0.29, 0.717) is 36.0 Å². The zero-order valence-corrected chi connectivity index (χ0v) is 28.9. The van der Waals surface area contributed by atoms with Crippen molar-refractivity contribution in [1.82, 2.24) is 18.4 Å². The molecule has 1 saturated heterocycles. The summed E-state index contributed by atoms with van der Waals surface area (Å²) in [6.07, 6.45) is 7.83. The van der Waals surface area contributed by atoms with Gasteiger partial charge in [-0.15, -0.1) is 0 Å². The summed E-state index contributed by atoms with van der Waals surface area (Å²) in [5.74, 6) is 1.62. The maximum Gasteiger partial charge on any atom is 0.410 e. The molecular formula is C33H39IN4O5S. The number of ether oxygens (including phenoxy) is 2. The number of amides is 1. The monoisotopic (exact) mass is 730 g/mol. The average Bonchev–Trinajstić information content (AvgIpc) is 3.40. The summed E-state index contributed by atoms with van der Waals surface area (Å²) in [5, 5.41) is 11.6. The van der Waals surface area contributed by atoms with Gasteiger partial charge in [-0.25, -0.2) is 4.79 Å². The largest absolute Gasteiger partial charge is 0.455 e. The lowest BCUT2D eigenvalue weighted by molar-refractivity contribution is 0.0184. The number of nitrogens with zero attached hydrogens (tertiary/aromatic N) is 4. The molecule has 4 aromatic rings. The van der Waals surface area contributed by atoms with E-state index in [0.717, 1.165) is 47.0 Å². The van der Waals surface area contributed by atoms with Crippen molar-refractivity contribution >= 4 is 47.3 Å². The second-order valence-electron chi connectivity index (χ2n) is 12.9. The third-order valence-corrected chi connectivity index (χ3v) is 9.55. The van der Waals surface area contributed by atoms with Crippen molar-refractivity contribution in [2.45, 2.75) is 65.1 Å². The van der Waals surface area contributed by atoms with Crippen molar-refractivity contribution in [3.63, 3.8) is 0 Å². The van der Waals surface area contributed by atoms with Crippen LogP contribution >= 0.6 is 30.3 Å². The zero-order chi connectivity index (χ0) is 31.8. The van der Waals surface area contributed by atoms with Crippen LogP contribution in [0.3, 0.4) is 0 Å². The molecule has 0 aliphatic carbocycles. The molecule has 9 nitrogen and oxygen atoms in total. The van der Waals surface area contributed by atoms with Crippen LogP contribution in [0.25, 0.3) is 22.0 Å². The van der Waals surface area contributed by atoms with Gasteiger partial charge in [0.2, 0.25) is 0 Å². The van der Waals surface area contributed by atoms with Crippen molar-refractivity contribution in [2.24, 2.45) is 13.0 Å². The normalized spacial score (nSPS) is 14.7. The van der Waals surface area contributed by atoms with Crippen LogP contribution < -0.4 is 10.3 Å². The minimum absolute atomic E-state index is 0.0886. The Morgan fingerprint density at radius 3 is 2.43 bits per heavy atom. The minimum Gasteiger partial charge on any atom is -0.455 e. The van der Waals surface area contributed by atoms with E-state index in [1.54, 1.807) is 36.6 Å². The first-order valence-electron chi connectivity index (χ1n) is 14.7. The molecule has 44 heavy (non-hydrogen) atoms. The molecule has 1 amide bonds. The Morgan fingerprint density at radius 1 is 1.09 bits per heavy atom. The van der Waals surface area contributed by atoms with Gasteiger partial charge in [0.25, 0.3) is 5.56 Å². The van der Waals surface area contributed by atoms with Crippen molar-refractivity contribution in [1.29, 1.82) is 0 Å². The molecule has 0 atom stereocenters. The van der Waals surface area contributed by atoms with Gasteiger partial charge >= 0.3 is 6.09 Å². The van der Waals surface area contributed by atoms with Crippen LogP contribution in [-0.4, -0.2) is 48.3 Å². The molecule has 1 aliphatic rings. The smallest absolute Gasteiger partial charge is 0.410 e. The van der Waals surface area contributed by atoms with Crippen LogP contribution in [0.4, 0.5) is 4.79 Å². The fraction of sp³-hybridized carbons (Fsp3) is 0.424. The highest BCUT2D eigenvalue weighted by Gasteiger charge is 2.27. The van der Waals surface area contributed by atoms with Gasteiger partial charge in [0.1, 0.15) is 22.6 Å². The van der Waals surface area contributed by atoms with E-state index >= 15 is 0 Å². The van der Waals surface area contributed by atoms with Crippen LogP contribution in [0.5, 0.6) is 11.5 Å². The molecule has 4 heterocycles. The number of fused-ring (bicyclic) bond motifs is 1. The molecule has 1 N–H and O–H groups in total. The van der Waals surface area contributed by atoms with Crippen molar-refractivity contribution in [2.75, 3.05) is 13.1 Å². The lowest BCUT2D eigenvalue weighted by Gasteiger charge is -2.33. The highest BCUT2D eigenvalue weighted by atomic mass is 127. The van der Waals surface area contributed by atoms with Crippen molar-refractivity contribution in [3.8, 4) is 22.6 Å². The predicted molar refractivity (Wildman–Crippen MR) is 183 cm³/mol. The van der Waals surface area contributed by atoms with Crippen LogP contribution in [0.15, 0.2) is 59.8 Å². The van der Waals surface area contributed by atoms with E-state index < -0.39 is 11.2 Å². The number of hydrogen-bond acceptors (Lipinski definition) is 7. The molecule has 5 rings (SSSR count). The summed E-state index contributed by atoms with van der Waals surface area (Å²) in [5.41, 5.74) is 2.24. The molecule has 1 aromatic carbocycles. The van der Waals surface area contributed by atoms with E-state index in [1.807, 2.05) is 73.5 Å². The number of likely N-dealkylation sites (tertiary alicyclic amines) is 1. The van der Waals surface area contributed by atoms with Crippen LogP contribution in [0, 0.1) is 5.92 Å². The third kappa shape index (κ3) is 7.26. The summed E-state index contributed by atoms with van der Waals surface area (Å²) in [4.78, 5) is 31.9. The Morgan fingerprint density at radius 2 is 1.82 bits per heavy atom. The number of aliphatic hydroxyl groups is 1. The number of piperidine rings is 1. The summed E-state index contributed by atoms with van der Waals surface area (Å²) in [7, 11) is 3.17. The fourth-order valence-electron chi connectivity index (χ4n) is 5.47. The molecule has 0 bridgehead atoms. The quantitative estimate of drug-likeness (QED) is 0.197. The average molecular weight is 731 g/mol. The first-order valence-corrected chi connectivity index (χ1v) is 18.0. The lowest BCUT2D eigenvalue weighted by Crippen LogP contribution is -2.42. The van der Waals surface area contributed by atoms with Gasteiger partial charge in [-0.3, -0.25) is 13.8 Å². The number of aryl methyl sites for hydroxylation is 1. The van der Waals surface area contributed by atoms with Gasteiger partial charge < -0.3 is 24.0 Å². The van der Waals surface area contributed by atoms with E-state index in [2.05, 4.69) is 21.2 Å². The molecule has 0 saturated carbocycles. The van der Waals surface area contributed by atoms with E-state index in [1.165, 1.54) is 9.12 Å². The Bertz CT molecular complexity index is 1710. The second kappa shape index (κ2) is 12.8. The third-order valence-electron chi connectivity index (χ3n) is 7.83. The van der Waals surface area contributed by atoms with Gasteiger partial charge in [-0.05, 0) is 95.7 Å². The van der Waals surface area contributed by atoms with Gasteiger partial charge in [0.05, 0.1) is 11.8 Å². The molecule has 0 spiro atoms. The molecule has 1 aliphatic heterocycles. The summed E-state index contributed by atoms with van der Waals surface area (Å²) >= 11 is 2.16. The number of carbonyl (C=O) groups excluding carboxylic acids is 1. The number of aromatic nitrogens is 3. The fourth-order valence-corrected chi connectivity index (χ4v) is 6.81. The number of hydrogen-bond donors (Lipinski definition) is 1. The van der Waals surface area contributed by atoms with E-state index in [-0.39, 0.29) is 11.7 Å². The standard InChI is InChI=1S/C33H39IN4O5S/c1-32(2,3)43-31(40)37-14-11-21(12-15-37)17-23-8-9-24(19-35-23)42-28-10-7-22(33(4,5)41)18-26(28)27-20-36(6)30(39)29-25(27)13-16-38(29)44-34/h7-10,13,16,18-21,41H,11-12,14-15,17H2,1-6H3. The molecule has 11 heteroatoms. The highest BCUT2D eigenvalue weighted by Crippen LogP contribution is 2.40. The van der Waals surface area contributed by atoms with Crippen molar-refractivity contribution in [3.05, 3.63) is 76.6 Å².